The fourth-order valence-corrected chi connectivity index (χ4v) is 2.91. The van der Waals surface area contributed by atoms with Gasteiger partial charge in [0.1, 0.15) is 5.82 Å². The molecule has 0 radical (unpaired) electrons. The Morgan fingerprint density at radius 1 is 1.17 bits per heavy atom. The Bertz CT molecular complexity index is 774. The third-order valence-corrected chi connectivity index (χ3v) is 4.21. The number of nitrogens with zero attached hydrogens (tertiary/aromatic N) is 1. The van der Waals surface area contributed by atoms with Crippen molar-refractivity contribution >= 4 is 23.1 Å². The molecule has 0 amide bonds. The molecule has 1 aliphatic heterocycles. The van der Waals surface area contributed by atoms with Gasteiger partial charge in [-0.1, -0.05) is 48.0 Å². The molecule has 1 heterocycles. The Labute approximate surface area is 138 Å². The summed E-state index contributed by atoms with van der Waals surface area (Å²) in [7, 11) is 0. The number of carboxylic acid groups (broad SMARTS) is 1. The summed E-state index contributed by atoms with van der Waals surface area (Å²) in [6.45, 7) is 1.46. The van der Waals surface area contributed by atoms with E-state index in [1.165, 1.54) is 12.1 Å². The number of hydrogen-bond acceptors (Lipinski definition) is 2. The van der Waals surface area contributed by atoms with Crippen LogP contribution in [0.5, 0.6) is 0 Å². The van der Waals surface area contributed by atoms with Crippen molar-refractivity contribution in [2.24, 2.45) is 0 Å². The van der Waals surface area contributed by atoms with Crippen molar-refractivity contribution in [3.63, 3.8) is 0 Å². The molecule has 0 aromatic heterocycles. The number of hydrogen-bond donors (Lipinski definition) is 1. The lowest BCUT2D eigenvalue weighted by Crippen LogP contribution is -2.22. The van der Waals surface area contributed by atoms with E-state index in [1.54, 1.807) is 6.07 Å². The molecule has 0 saturated carbocycles. The number of aliphatic carboxylic acids is 1. The first-order valence-corrected chi connectivity index (χ1v) is 7.59. The number of benzene rings is 2. The molecule has 23 heavy (non-hydrogen) atoms. The molecule has 5 heteroatoms. The molecule has 0 atom stereocenters. The van der Waals surface area contributed by atoms with E-state index in [0.29, 0.717) is 36.3 Å². The Balaban J connectivity index is 1.86. The van der Waals surface area contributed by atoms with E-state index >= 15 is 0 Å². The lowest BCUT2D eigenvalue weighted by Gasteiger charge is -2.16. The average Bonchev–Trinajstić information content (AvgIpc) is 2.95. The van der Waals surface area contributed by atoms with E-state index < -0.39 is 11.8 Å². The number of rotatable bonds is 4. The molecule has 1 aliphatic rings. The van der Waals surface area contributed by atoms with Crippen molar-refractivity contribution in [1.29, 1.82) is 0 Å². The lowest BCUT2D eigenvalue weighted by atomic mass is 10.0. The molecule has 3 rings (SSSR count). The zero-order valence-corrected chi connectivity index (χ0v) is 13.1. The quantitative estimate of drug-likeness (QED) is 0.925. The second-order valence-corrected chi connectivity index (χ2v) is 5.93. The first kappa shape index (κ1) is 15.7. The van der Waals surface area contributed by atoms with Gasteiger partial charge in [0.15, 0.2) is 0 Å². The van der Waals surface area contributed by atoms with Crippen LogP contribution in [0.3, 0.4) is 0 Å². The van der Waals surface area contributed by atoms with Gasteiger partial charge in [-0.2, -0.15) is 0 Å². The van der Waals surface area contributed by atoms with E-state index in [4.69, 9.17) is 11.6 Å². The molecule has 0 aliphatic carbocycles. The minimum absolute atomic E-state index is 0.0327. The van der Waals surface area contributed by atoms with Gasteiger partial charge >= 0.3 is 5.97 Å². The van der Waals surface area contributed by atoms with Crippen molar-refractivity contribution in [3.05, 3.63) is 76.1 Å². The van der Waals surface area contributed by atoms with Crippen LogP contribution in [0.4, 0.5) is 4.39 Å². The second kappa shape index (κ2) is 6.52. The van der Waals surface area contributed by atoms with Crippen LogP contribution in [-0.2, 0) is 11.3 Å². The van der Waals surface area contributed by atoms with Crippen molar-refractivity contribution in [2.75, 3.05) is 13.1 Å². The molecule has 2 aromatic rings. The van der Waals surface area contributed by atoms with Crippen LogP contribution in [-0.4, -0.2) is 29.1 Å². The Kier molecular flexibility index (Phi) is 4.46. The summed E-state index contributed by atoms with van der Waals surface area (Å²) in [6, 6.07) is 14.3. The Morgan fingerprint density at radius 2 is 1.91 bits per heavy atom. The fourth-order valence-electron chi connectivity index (χ4n) is 2.79. The molecular formula is C18H15ClFNO2. The molecule has 2 aromatic carbocycles. The molecule has 118 valence electrons. The maximum atomic E-state index is 13.7. The molecule has 0 unspecified atom stereocenters. The molecule has 0 bridgehead atoms. The number of carboxylic acids is 1. The first-order valence-electron chi connectivity index (χ1n) is 7.21. The van der Waals surface area contributed by atoms with Crippen molar-refractivity contribution in [1.82, 2.24) is 4.90 Å². The molecule has 0 spiro atoms. The second-order valence-electron chi connectivity index (χ2n) is 5.52. The van der Waals surface area contributed by atoms with Gasteiger partial charge < -0.3 is 5.11 Å². The monoisotopic (exact) mass is 331 g/mol. The van der Waals surface area contributed by atoms with Crippen LogP contribution in [0.15, 0.2) is 54.1 Å². The standard InChI is InChI=1S/C18H15ClFNO2/c19-16-7-6-13(8-17(16)20)14-10-21(11-15(14)18(22)23)9-12-4-2-1-3-5-12/h1-8H,9-11H2,(H,22,23). The van der Waals surface area contributed by atoms with Crippen molar-refractivity contribution in [2.45, 2.75) is 6.54 Å². The average molecular weight is 332 g/mol. The summed E-state index contributed by atoms with van der Waals surface area (Å²) in [5.41, 5.74) is 2.63. The highest BCUT2D eigenvalue weighted by Gasteiger charge is 2.27. The summed E-state index contributed by atoms with van der Waals surface area (Å²) in [5.74, 6) is -1.51. The van der Waals surface area contributed by atoms with E-state index in [-0.39, 0.29) is 5.02 Å². The van der Waals surface area contributed by atoms with Gasteiger partial charge in [0, 0.05) is 19.6 Å². The SMILES string of the molecule is O=C(O)C1=C(c2ccc(Cl)c(F)c2)CN(Cc2ccccc2)C1. The van der Waals surface area contributed by atoms with E-state index in [2.05, 4.69) is 0 Å². The summed E-state index contributed by atoms with van der Waals surface area (Å²) in [6.07, 6.45) is 0. The first-order chi connectivity index (χ1) is 11.0. The van der Waals surface area contributed by atoms with Gasteiger partial charge in [-0.05, 0) is 28.8 Å². The Hall–Kier alpha value is -2.17. The highest BCUT2D eigenvalue weighted by atomic mass is 35.5. The van der Waals surface area contributed by atoms with E-state index in [1.807, 2.05) is 35.2 Å². The molecule has 1 N–H and O–H groups in total. The minimum Gasteiger partial charge on any atom is -0.478 e. The maximum Gasteiger partial charge on any atom is 0.333 e. The van der Waals surface area contributed by atoms with Crippen LogP contribution in [0.25, 0.3) is 5.57 Å². The van der Waals surface area contributed by atoms with E-state index in [9.17, 15) is 14.3 Å². The van der Waals surface area contributed by atoms with Crippen LogP contribution in [0, 0.1) is 5.82 Å². The summed E-state index contributed by atoms with van der Waals surface area (Å²) in [5, 5.41) is 9.48. The largest absolute Gasteiger partial charge is 0.478 e. The highest BCUT2D eigenvalue weighted by Crippen LogP contribution is 2.30. The van der Waals surface area contributed by atoms with Crippen LogP contribution < -0.4 is 0 Å². The number of halogens is 2. The van der Waals surface area contributed by atoms with Gasteiger partial charge in [-0.3, -0.25) is 4.90 Å². The molecular weight excluding hydrogens is 317 g/mol. The van der Waals surface area contributed by atoms with Crippen LogP contribution in [0.1, 0.15) is 11.1 Å². The van der Waals surface area contributed by atoms with Crippen LogP contribution >= 0.6 is 11.6 Å². The summed E-state index contributed by atoms with van der Waals surface area (Å²) in [4.78, 5) is 13.6. The van der Waals surface area contributed by atoms with Gasteiger partial charge in [0.05, 0.1) is 10.6 Å². The predicted octanol–water partition coefficient (Wildman–Crippen LogP) is 3.83. The minimum atomic E-state index is -0.967. The molecule has 0 fully saturated rings. The van der Waals surface area contributed by atoms with Crippen LogP contribution in [0.2, 0.25) is 5.02 Å². The zero-order chi connectivity index (χ0) is 16.4. The predicted molar refractivity (Wildman–Crippen MR) is 87.7 cm³/mol. The number of carbonyl (C=O) groups is 1. The summed E-state index contributed by atoms with van der Waals surface area (Å²) >= 11 is 5.70. The third kappa shape index (κ3) is 3.44. The maximum absolute atomic E-state index is 13.7. The van der Waals surface area contributed by atoms with Gasteiger partial charge in [0.25, 0.3) is 0 Å². The van der Waals surface area contributed by atoms with E-state index in [0.717, 1.165) is 5.56 Å². The van der Waals surface area contributed by atoms with Crippen molar-refractivity contribution < 1.29 is 14.3 Å². The smallest absolute Gasteiger partial charge is 0.333 e. The summed E-state index contributed by atoms with van der Waals surface area (Å²) < 4.78 is 13.7. The lowest BCUT2D eigenvalue weighted by molar-refractivity contribution is -0.132. The zero-order valence-electron chi connectivity index (χ0n) is 12.3. The highest BCUT2D eigenvalue weighted by molar-refractivity contribution is 6.30. The van der Waals surface area contributed by atoms with Gasteiger partial charge in [-0.15, -0.1) is 0 Å². The fraction of sp³-hybridized carbons (Fsp3) is 0.167. The normalized spacial score (nSPS) is 15.2. The van der Waals surface area contributed by atoms with Gasteiger partial charge in [0.2, 0.25) is 0 Å². The Morgan fingerprint density at radius 3 is 2.57 bits per heavy atom. The van der Waals surface area contributed by atoms with Crippen molar-refractivity contribution in [3.8, 4) is 0 Å². The third-order valence-electron chi connectivity index (χ3n) is 3.90. The topological polar surface area (TPSA) is 40.5 Å². The molecule has 3 nitrogen and oxygen atoms in total. The molecule has 0 saturated heterocycles. The van der Waals surface area contributed by atoms with Gasteiger partial charge in [-0.25, -0.2) is 9.18 Å².